The van der Waals surface area contributed by atoms with Gasteiger partial charge in [0.15, 0.2) is 5.78 Å². The Balaban J connectivity index is 1.71. The maximum atomic E-state index is 12.9. The molecule has 2 aromatic rings. The van der Waals surface area contributed by atoms with Crippen LogP contribution in [-0.4, -0.2) is 36.3 Å². The molecule has 140 valence electrons. The molecule has 4 nitrogen and oxygen atoms in total. The highest BCUT2D eigenvalue weighted by Crippen LogP contribution is 2.24. The van der Waals surface area contributed by atoms with Gasteiger partial charge in [0.05, 0.1) is 0 Å². The van der Waals surface area contributed by atoms with Gasteiger partial charge >= 0.3 is 0 Å². The second-order valence-corrected chi connectivity index (χ2v) is 6.95. The van der Waals surface area contributed by atoms with Crippen LogP contribution in [0.15, 0.2) is 61.2 Å². The van der Waals surface area contributed by atoms with E-state index in [0.29, 0.717) is 31.0 Å². The smallest absolute Gasteiger partial charge is 0.254 e. The number of nitrogens with zero attached hydrogens (tertiary/aromatic N) is 1. The fourth-order valence-corrected chi connectivity index (χ4v) is 3.47. The first kappa shape index (κ1) is 18.9. The molecule has 0 spiro atoms. The Morgan fingerprint density at radius 1 is 1.19 bits per heavy atom. The van der Waals surface area contributed by atoms with Crippen molar-refractivity contribution in [3.63, 3.8) is 0 Å². The second-order valence-electron chi connectivity index (χ2n) is 6.95. The Hall–Kier alpha value is -2.88. The topological polar surface area (TPSA) is 46.6 Å². The molecule has 0 aliphatic carbocycles. The first-order chi connectivity index (χ1) is 13.1. The lowest BCUT2D eigenvalue weighted by Crippen LogP contribution is -2.42. The standard InChI is InChI=1S/C23H25NO3/c1-3-13-27-21-11-5-9-19(15-21)23(26)24-12-6-10-20(16-24)22(25)18-8-4-7-17(2)14-18/h3-5,7-9,11,14-15,20H,1,6,10,12-13,16H2,2H3. The summed E-state index contributed by atoms with van der Waals surface area (Å²) < 4.78 is 5.52. The van der Waals surface area contributed by atoms with Crippen molar-refractivity contribution in [1.29, 1.82) is 0 Å². The minimum Gasteiger partial charge on any atom is -0.490 e. The summed E-state index contributed by atoms with van der Waals surface area (Å²) >= 11 is 0. The van der Waals surface area contributed by atoms with Gasteiger partial charge in [0, 0.05) is 30.1 Å². The summed E-state index contributed by atoms with van der Waals surface area (Å²) in [7, 11) is 0. The van der Waals surface area contributed by atoms with Crippen LogP contribution < -0.4 is 4.74 Å². The number of carbonyl (C=O) groups is 2. The van der Waals surface area contributed by atoms with E-state index in [1.165, 1.54) is 0 Å². The van der Waals surface area contributed by atoms with Crippen LogP contribution >= 0.6 is 0 Å². The molecule has 1 saturated heterocycles. The SMILES string of the molecule is C=CCOc1cccc(C(=O)N2CCCC(C(=O)c3cccc(C)c3)C2)c1. The maximum Gasteiger partial charge on any atom is 0.254 e. The number of likely N-dealkylation sites (tertiary alicyclic amines) is 1. The molecule has 1 unspecified atom stereocenters. The Labute approximate surface area is 160 Å². The first-order valence-electron chi connectivity index (χ1n) is 9.32. The summed E-state index contributed by atoms with van der Waals surface area (Å²) in [5.74, 6) is 0.565. The highest BCUT2D eigenvalue weighted by Gasteiger charge is 2.29. The van der Waals surface area contributed by atoms with Gasteiger partial charge in [-0.05, 0) is 44.0 Å². The number of benzene rings is 2. The molecule has 0 bridgehead atoms. The van der Waals surface area contributed by atoms with Crippen molar-refractivity contribution in [2.24, 2.45) is 5.92 Å². The number of aryl methyl sites for hydroxylation is 1. The van der Waals surface area contributed by atoms with Crippen molar-refractivity contribution < 1.29 is 14.3 Å². The van der Waals surface area contributed by atoms with E-state index in [0.717, 1.165) is 24.0 Å². The summed E-state index contributed by atoms with van der Waals surface area (Å²) in [5, 5.41) is 0. The first-order valence-corrected chi connectivity index (χ1v) is 9.32. The van der Waals surface area contributed by atoms with E-state index in [1.807, 2.05) is 43.3 Å². The predicted octanol–water partition coefficient (Wildman–Crippen LogP) is 4.29. The normalized spacial score (nSPS) is 16.6. The molecule has 0 saturated carbocycles. The minimum absolute atomic E-state index is 0.0548. The molecule has 1 heterocycles. The number of ether oxygens (including phenoxy) is 1. The maximum absolute atomic E-state index is 12.9. The molecule has 0 aromatic heterocycles. The lowest BCUT2D eigenvalue weighted by Gasteiger charge is -2.32. The van der Waals surface area contributed by atoms with E-state index in [1.54, 1.807) is 23.1 Å². The van der Waals surface area contributed by atoms with Crippen LogP contribution in [0.2, 0.25) is 0 Å². The lowest BCUT2D eigenvalue weighted by molar-refractivity contribution is 0.0636. The van der Waals surface area contributed by atoms with Gasteiger partial charge in [0.25, 0.3) is 5.91 Å². The van der Waals surface area contributed by atoms with Crippen LogP contribution in [0, 0.1) is 12.8 Å². The molecule has 1 fully saturated rings. The molecule has 27 heavy (non-hydrogen) atoms. The van der Waals surface area contributed by atoms with E-state index in [9.17, 15) is 9.59 Å². The van der Waals surface area contributed by atoms with Gasteiger partial charge in [-0.2, -0.15) is 0 Å². The van der Waals surface area contributed by atoms with Crippen molar-refractivity contribution in [3.8, 4) is 5.75 Å². The molecular weight excluding hydrogens is 338 g/mol. The van der Waals surface area contributed by atoms with Crippen molar-refractivity contribution >= 4 is 11.7 Å². The van der Waals surface area contributed by atoms with Crippen LogP contribution in [0.4, 0.5) is 0 Å². The summed E-state index contributed by atoms with van der Waals surface area (Å²) in [6.45, 7) is 7.14. The molecular formula is C23H25NO3. The van der Waals surface area contributed by atoms with E-state index >= 15 is 0 Å². The predicted molar refractivity (Wildman–Crippen MR) is 106 cm³/mol. The molecule has 3 rings (SSSR count). The largest absolute Gasteiger partial charge is 0.490 e. The van der Waals surface area contributed by atoms with Gasteiger partial charge in [-0.15, -0.1) is 0 Å². The summed E-state index contributed by atoms with van der Waals surface area (Å²) in [6, 6.07) is 14.8. The number of carbonyl (C=O) groups excluding carboxylic acids is 2. The number of ketones is 1. The third-order valence-corrected chi connectivity index (χ3v) is 4.83. The van der Waals surface area contributed by atoms with Gasteiger partial charge in [-0.1, -0.05) is 42.5 Å². The van der Waals surface area contributed by atoms with Crippen LogP contribution in [0.1, 0.15) is 39.1 Å². The average Bonchev–Trinajstić information content (AvgIpc) is 2.71. The van der Waals surface area contributed by atoms with Crippen LogP contribution in [0.25, 0.3) is 0 Å². The Bertz CT molecular complexity index is 843. The average molecular weight is 363 g/mol. The Morgan fingerprint density at radius 3 is 2.74 bits per heavy atom. The zero-order chi connectivity index (χ0) is 19.2. The number of amides is 1. The molecule has 4 heteroatoms. The van der Waals surface area contributed by atoms with E-state index in [-0.39, 0.29) is 17.6 Å². The third kappa shape index (κ3) is 4.64. The monoisotopic (exact) mass is 363 g/mol. The molecule has 0 radical (unpaired) electrons. The fourth-order valence-electron chi connectivity index (χ4n) is 3.47. The van der Waals surface area contributed by atoms with Crippen molar-refractivity contribution in [3.05, 3.63) is 77.9 Å². The number of hydrogen-bond donors (Lipinski definition) is 0. The molecule has 1 aliphatic heterocycles. The van der Waals surface area contributed by atoms with Gasteiger partial charge < -0.3 is 9.64 Å². The van der Waals surface area contributed by atoms with Gasteiger partial charge in [0.2, 0.25) is 0 Å². The van der Waals surface area contributed by atoms with Crippen molar-refractivity contribution in [2.45, 2.75) is 19.8 Å². The second kappa shape index (κ2) is 8.67. The van der Waals surface area contributed by atoms with E-state index in [2.05, 4.69) is 6.58 Å². The highest BCUT2D eigenvalue weighted by atomic mass is 16.5. The number of piperidine rings is 1. The molecule has 0 N–H and O–H groups in total. The van der Waals surface area contributed by atoms with Gasteiger partial charge in [-0.3, -0.25) is 9.59 Å². The van der Waals surface area contributed by atoms with Crippen LogP contribution in [0.3, 0.4) is 0 Å². The fraction of sp³-hybridized carbons (Fsp3) is 0.304. The summed E-state index contributed by atoms with van der Waals surface area (Å²) in [5.41, 5.74) is 2.38. The van der Waals surface area contributed by atoms with Crippen LogP contribution in [-0.2, 0) is 0 Å². The quantitative estimate of drug-likeness (QED) is 0.568. The van der Waals surface area contributed by atoms with Crippen LogP contribution in [0.5, 0.6) is 5.75 Å². The molecule has 1 amide bonds. The minimum atomic E-state index is -0.148. The zero-order valence-corrected chi connectivity index (χ0v) is 15.7. The summed E-state index contributed by atoms with van der Waals surface area (Å²) in [6.07, 6.45) is 3.32. The van der Waals surface area contributed by atoms with Crippen molar-refractivity contribution in [1.82, 2.24) is 4.90 Å². The van der Waals surface area contributed by atoms with Gasteiger partial charge in [0.1, 0.15) is 12.4 Å². The van der Waals surface area contributed by atoms with E-state index < -0.39 is 0 Å². The molecule has 1 aliphatic rings. The number of hydrogen-bond acceptors (Lipinski definition) is 3. The Kier molecular flexibility index (Phi) is 6.07. The third-order valence-electron chi connectivity index (χ3n) is 4.83. The van der Waals surface area contributed by atoms with Crippen molar-refractivity contribution in [2.75, 3.05) is 19.7 Å². The number of rotatable bonds is 6. The Morgan fingerprint density at radius 2 is 1.96 bits per heavy atom. The highest BCUT2D eigenvalue weighted by molar-refractivity contribution is 5.99. The zero-order valence-electron chi connectivity index (χ0n) is 15.7. The van der Waals surface area contributed by atoms with Gasteiger partial charge in [-0.25, -0.2) is 0 Å². The summed E-state index contributed by atoms with van der Waals surface area (Å²) in [4.78, 5) is 27.6. The van der Waals surface area contributed by atoms with E-state index in [4.69, 9.17) is 4.74 Å². The molecule has 2 aromatic carbocycles. The molecule has 1 atom stereocenters. The lowest BCUT2D eigenvalue weighted by atomic mass is 9.89. The number of Topliss-reactive ketones (excluding diaryl/α,β-unsaturated/α-hetero) is 1.